The summed E-state index contributed by atoms with van der Waals surface area (Å²) in [6, 6.07) is 1.29. The molecule has 1 aromatic rings. The van der Waals surface area contributed by atoms with Gasteiger partial charge >= 0.3 is 5.97 Å². The Bertz CT molecular complexity index is 469. The number of carbonyl (C=O) groups is 1. The van der Waals surface area contributed by atoms with E-state index in [-0.39, 0.29) is 11.5 Å². The summed E-state index contributed by atoms with van der Waals surface area (Å²) in [6.45, 7) is 1.56. The van der Waals surface area contributed by atoms with Gasteiger partial charge in [-0.15, -0.1) is 0 Å². The van der Waals surface area contributed by atoms with Crippen LogP contribution in [-0.2, 0) is 9.53 Å². The van der Waals surface area contributed by atoms with Gasteiger partial charge < -0.3 is 10.1 Å². The van der Waals surface area contributed by atoms with E-state index in [1.807, 2.05) is 0 Å². The van der Waals surface area contributed by atoms with Gasteiger partial charge in [-0.25, -0.2) is 9.78 Å². The zero-order chi connectivity index (χ0) is 11.1. The lowest BCUT2D eigenvalue weighted by Gasteiger charge is -2.20. The molecule has 15 heavy (non-hydrogen) atoms. The van der Waals surface area contributed by atoms with Gasteiger partial charge in [0.2, 0.25) is 11.6 Å². The summed E-state index contributed by atoms with van der Waals surface area (Å²) in [6.07, 6.45) is 1.37. The third kappa shape index (κ3) is 1.32. The molecule has 0 aromatic carbocycles. The van der Waals surface area contributed by atoms with E-state index in [1.165, 1.54) is 19.4 Å². The number of methoxy groups -OCH3 is 1. The van der Waals surface area contributed by atoms with Crippen LogP contribution in [0.15, 0.2) is 17.1 Å². The van der Waals surface area contributed by atoms with Crippen LogP contribution in [0.25, 0.3) is 0 Å². The number of esters is 1. The highest BCUT2D eigenvalue weighted by atomic mass is 16.5. The van der Waals surface area contributed by atoms with Crippen LogP contribution in [0.2, 0.25) is 0 Å². The fraction of sp³-hybridized carbons (Fsp3) is 0.375. The number of nitrogens with zero attached hydrogens (tertiary/aromatic N) is 2. The van der Waals surface area contributed by atoms with Gasteiger partial charge in [0.1, 0.15) is 0 Å². The van der Waals surface area contributed by atoms with Crippen LogP contribution in [0.4, 0.5) is 5.95 Å². The molecule has 7 heteroatoms. The molecule has 0 radical (unpaired) electrons. The highest BCUT2D eigenvalue weighted by molar-refractivity contribution is 5.85. The number of ether oxygens (including phenoxy) is 1. The van der Waals surface area contributed by atoms with Crippen molar-refractivity contribution in [3.63, 3.8) is 0 Å². The Labute approximate surface area is 85.0 Å². The molecule has 0 amide bonds. The normalized spacial score (nSPS) is 22.5. The average Bonchev–Trinajstić information content (AvgIpc) is 2.57. The zero-order valence-electron chi connectivity index (χ0n) is 8.27. The van der Waals surface area contributed by atoms with E-state index in [4.69, 9.17) is 0 Å². The Balaban J connectivity index is 2.41. The highest BCUT2D eigenvalue weighted by Crippen LogP contribution is 2.18. The molecule has 1 aliphatic heterocycles. The maximum Gasteiger partial charge on any atom is 0.353 e. The molecule has 7 nitrogen and oxygen atoms in total. The van der Waals surface area contributed by atoms with E-state index in [1.54, 1.807) is 6.92 Å². The molecule has 2 rings (SSSR count). The van der Waals surface area contributed by atoms with E-state index in [0.29, 0.717) is 0 Å². The standard InChI is InChI=1S/C8H10N4O3/c1-8(6(14)15-2)10-7-9-4-3-5(13)12(7)11-8/h3-4,11H,1-2H3,(H,9,10). The third-order valence-electron chi connectivity index (χ3n) is 2.14. The summed E-state index contributed by atoms with van der Waals surface area (Å²) in [5, 5.41) is 2.77. The van der Waals surface area contributed by atoms with Crippen LogP contribution in [-0.4, -0.2) is 28.4 Å². The van der Waals surface area contributed by atoms with Crippen LogP contribution in [0.1, 0.15) is 6.92 Å². The molecular formula is C8H10N4O3. The third-order valence-corrected chi connectivity index (χ3v) is 2.14. The zero-order valence-corrected chi connectivity index (χ0v) is 8.27. The number of fused-ring (bicyclic) bond motifs is 1. The van der Waals surface area contributed by atoms with E-state index in [0.717, 1.165) is 4.68 Å². The Kier molecular flexibility index (Phi) is 1.88. The first-order chi connectivity index (χ1) is 7.07. The van der Waals surface area contributed by atoms with Gasteiger partial charge in [-0.05, 0) is 6.92 Å². The van der Waals surface area contributed by atoms with E-state index in [9.17, 15) is 9.59 Å². The minimum absolute atomic E-state index is 0.287. The molecule has 1 atom stereocenters. The van der Waals surface area contributed by atoms with Crippen LogP contribution >= 0.6 is 0 Å². The van der Waals surface area contributed by atoms with Crippen LogP contribution in [0.5, 0.6) is 0 Å². The lowest BCUT2D eigenvalue weighted by atomic mass is 10.2. The molecule has 0 bridgehead atoms. The van der Waals surface area contributed by atoms with Crippen molar-refractivity contribution in [1.29, 1.82) is 0 Å². The van der Waals surface area contributed by atoms with Crippen molar-refractivity contribution in [3.8, 4) is 0 Å². The average molecular weight is 210 g/mol. The number of carbonyl (C=O) groups excluding carboxylic acids is 1. The molecule has 2 heterocycles. The molecule has 1 aliphatic rings. The molecule has 0 saturated heterocycles. The first-order valence-electron chi connectivity index (χ1n) is 4.30. The van der Waals surface area contributed by atoms with Crippen LogP contribution in [0.3, 0.4) is 0 Å². The Morgan fingerprint density at radius 1 is 1.67 bits per heavy atom. The number of anilines is 1. The molecule has 0 spiro atoms. The molecule has 1 unspecified atom stereocenters. The van der Waals surface area contributed by atoms with Crippen molar-refractivity contribution >= 4 is 11.9 Å². The fourth-order valence-corrected chi connectivity index (χ4v) is 1.38. The summed E-state index contributed by atoms with van der Waals surface area (Å²) in [7, 11) is 1.27. The Hall–Kier alpha value is -2.05. The summed E-state index contributed by atoms with van der Waals surface area (Å²) in [5.74, 6) is -0.234. The maximum atomic E-state index is 11.4. The second-order valence-electron chi connectivity index (χ2n) is 3.30. The van der Waals surface area contributed by atoms with Gasteiger partial charge in [-0.3, -0.25) is 10.2 Å². The summed E-state index contributed by atoms with van der Waals surface area (Å²) in [4.78, 5) is 26.7. The second kappa shape index (κ2) is 2.97. The summed E-state index contributed by atoms with van der Waals surface area (Å²) >= 11 is 0. The lowest BCUT2D eigenvalue weighted by Crippen LogP contribution is -2.50. The van der Waals surface area contributed by atoms with Gasteiger partial charge in [0.05, 0.1) is 7.11 Å². The molecule has 80 valence electrons. The molecule has 1 aromatic heterocycles. The Morgan fingerprint density at radius 2 is 2.40 bits per heavy atom. The largest absolute Gasteiger partial charge is 0.466 e. The first kappa shape index (κ1) is 9.50. The predicted octanol–water partition coefficient (Wildman–Crippen LogP) is -0.898. The number of hydrogen-bond donors (Lipinski definition) is 2. The SMILES string of the molecule is COC(=O)C1(C)Nc2nccc(=O)n2N1. The van der Waals surface area contributed by atoms with Crippen molar-refractivity contribution in [2.24, 2.45) is 0 Å². The van der Waals surface area contributed by atoms with E-state index < -0.39 is 11.6 Å². The van der Waals surface area contributed by atoms with Crippen molar-refractivity contribution in [2.75, 3.05) is 17.9 Å². The van der Waals surface area contributed by atoms with E-state index in [2.05, 4.69) is 20.5 Å². The first-order valence-corrected chi connectivity index (χ1v) is 4.30. The van der Waals surface area contributed by atoms with Gasteiger partial charge in [-0.2, -0.15) is 4.68 Å². The second-order valence-corrected chi connectivity index (χ2v) is 3.30. The molecular weight excluding hydrogens is 200 g/mol. The quantitative estimate of drug-likeness (QED) is 0.584. The summed E-state index contributed by atoms with van der Waals surface area (Å²) < 4.78 is 5.76. The number of aromatic nitrogens is 2. The molecule has 0 saturated carbocycles. The van der Waals surface area contributed by atoms with Crippen molar-refractivity contribution in [3.05, 3.63) is 22.6 Å². The number of hydrogen-bond acceptors (Lipinski definition) is 6. The fourth-order valence-electron chi connectivity index (χ4n) is 1.38. The van der Waals surface area contributed by atoms with Gasteiger partial charge in [0, 0.05) is 12.3 Å². The highest BCUT2D eigenvalue weighted by Gasteiger charge is 2.41. The number of nitrogens with one attached hydrogen (secondary N) is 2. The maximum absolute atomic E-state index is 11.4. The van der Waals surface area contributed by atoms with Crippen molar-refractivity contribution in [2.45, 2.75) is 12.6 Å². The van der Waals surface area contributed by atoms with Crippen molar-refractivity contribution < 1.29 is 9.53 Å². The smallest absolute Gasteiger partial charge is 0.353 e. The molecule has 0 fully saturated rings. The topological polar surface area (TPSA) is 85.2 Å². The monoisotopic (exact) mass is 210 g/mol. The Morgan fingerprint density at radius 3 is 3.00 bits per heavy atom. The minimum atomic E-state index is -1.16. The van der Waals surface area contributed by atoms with Gasteiger partial charge in [0.25, 0.3) is 5.56 Å². The summed E-state index contributed by atoms with van der Waals surface area (Å²) in [5.41, 5.74) is 1.24. The molecule has 2 N–H and O–H groups in total. The van der Waals surface area contributed by atoms with Crippen LogP contribution in [0, 0.1) is 0 Å². The van der Waals surface area contributed by atoms with E-state index >= 15 is 0 Å². The minimum Gasteiger partial charge on any atom is -0.466 e. The lowest BCUT2D eigenvalue weighted by molar-refractivity contribution is -0.144. The van der Waals surface area contributed by atoms with Crippen molar-refractivity contribution in [1.82, 2.24) is 9.66 Å². The van der Waals surface area contributed by atoms with Gasteiger partial charge in [0.15, 0.2) is 0 Å². The van der Waals surface area contributed by atoms with Gasteiger partial charge in [-0.1, -0.05) is 0 Å². The van der Waals surface area contributed by atoms with Crippen LogP contribution < -0.4 is 16.3 Å². The predicted molar refractivity (Wildman–Crippen MR) is 51.9 cm³/mol. The molecule has 0 aliphatic carbocycles. The number of rotatable bonds is 1.